The summed E-state index contributed by atoms with van der Waals surface area (Å²) in [4.78, 5) is 42.1. The molecule has 246 valence electrons. The molecule has 4 heterocycles. The first kappa shape index (κ1) is 35.3. The number of hydrogen-bond acceptors (Lipinski definition) is 13. The fraction of sp³-hybridized carbons (Fsp3) is 0.400. The maximum absolute atomic E-state index is 14.8. The van der Waals surface area contributed by atoms with Gasteiger partial charge < -0.3 is 41.0 Å². The minimum atomic E-state index is -3.79. The largest absolute Gasteiger partial charge is 0.449 e. The van der Waals surface area contributed by atoms with E-state index in [0.717, 1.165) is 24.5 Å². The molecule has 0 spiro atoms. The Hall–Kier alpha value is -4.14. The highest BCUT2D eigenvalue weighted by Gasteiger charge is 2.62. The SMILES string of the molecule is Cl.Nc1ccn([C@@H]2O[C@H](CO)[C@H](O)C2(F)F)c(=O)n1.Nc1ccn([C@@H]2O[C@H](CO)[C@H](OC(=O)c3ccccc3)C2(F)F)c(=O)n1. The summed E-state index contributed by atoms with van der Waals surface area (Å²) in [7, 11) is 0. The lowest BCUT2D eigenvalue weighted by Crippen LogP contribution is -2.44. The van der Waals surface area contributed by atoms with Crippen LogP contribution in [0.1, 0.15) is 22.8 Å². The molecular formula is C25H27ClF4N6O9. The highest BCUT2D eigenvalue weighted by molar-refractivity contribution is 5.89. The first-order valence-corrected chi connectivity index (χ1v) is 12.6. The van der Waals surface area contributed by atoms with E-state index in [1.165, 1.54) is 12.1 Å². The summed E-state index contributed by atoms with van der Waals surface area (Å²) in [5.41, 5.74) is 8.56. The van der Waals surface area contributed by atoms with Gasteiger partial charge in [0, 0.05) is 12.4 Å². The lowest BCUT2D eigenvalue weighted by Gasteiger charge is -2.24. The van der Waals surface area contributed by atoms with Gasteiger partial charge in [-0.2, -0.15) is 27.5 Å². The fourth-order valence-corrected chi connectivity index (χ4v) is 4.35. The second kappa shape index (κ2) is 13.9. The van der Waals surface area contributed by atoms with Gasteiger partial charge >= 0.3 is 29.2 Å². The molecular weight excluding hydrogens is 640 g/mol. The number of rotatable bonds is 6. The van der Waals surface area contributed by atoms with E-state index in [1.54, 1.807) is 18.2 Å². The van der Waals surface area contributed by atoms with E-state index in [-0.39, 0.29) is 29.6 Å². The third-order valence-corrected chi connectivity index (χ3v) is 6.54. The fourth-order valence-electron chi connectivity index (χ4n) is 4.35. The number of esters is 1. The molecule has 20 heteroatoms. The van der Waals surface area contributed by atoms with Crippen LogP contribution in [0.25, 0.3) is 0 Å². The summed E-state index contributed by atoms with van der Waals surface area (Å²) in [6, 6.07) is 9.85. The normalized spacial score (nSPS) is 26.3. The van der Waals surface area contributed by atoms with Crippen molar-refractivity contribution in [1.29, 1.82) is 0 Å². The molecule has 2 saturated heterocycles. The molecule has 1 aromatic carbocycles. The zero-order valence-corrected chi connectivity index (χ0v) is 23.5. The summed E-state index contributed by atoms with van der Waals surface area (Å²) in [6.45, 7) is -1.62. The van der Waals surface area contributed by atoms with Gasteiger partial charge in [0.05, 0.1) is 18.8 Å². The zero-order chi connectivity index (χ0) is 32.4. The van der Waals surface area contributed by atoms with E-state index >= 15 is 0 Å². The van der Waals surface area contributed by atoms with Crippen molar-refractivity contribution in [3.8, 4) is 0 Å². The monoisotopic (exact) mass is 666 g/mol. The molecule has 45 heavy (non-hydrogen) atoms. The van der Waals surface area contributed by atoms with Gasteiger partial charge in [0.15, 0.2) is 12.2 Å². The van der Waals surface area contributed by atoms with Crippen LogP contribution in [0.15, 0.2) is 64.4 Å². The third-order valence-electron chi connectivity index (χ3n) is 6.54. The second-order valence-corrected chi connectivity index (χ2v) is 9.49. The third kappa shape index (κ3) is 7.08. The van der Waals surface area contributed by atoms with Gasteiger partial charge in [0.25, 0.3) is 0 Å². The van der Waals surface area contributed by atoms with Crippen molar-refractivity contribution in [2.45, 2.75) is 48.7 Å². The molecule has 2 aliphatic heterocycles. The molecule has 0 unspecified atom stereocenters. The summed E-state index contributed by atoms with van der Waals surface area (Å²) in [6.07, 6.45) is -9.40. The topological polar surface area (TPSA) is 227 Å². The molecule has 3 aromatic rings. The lowest BCUT2D eigenvalue weighted by atomic mass is 10.1. The van der Waals surface area contributed by atoms with Gasteiger partial charge in [0.1, 0.15) is 23.8 Å². The minimum absolute atomic E-state index is 0. The first-order valence-electron chi connectivity index (χ1n) is 12.6. The molecule has 5 rings (SSSR count). The van der Waals surface area contributed by atoms with Gasteiger partial charge in [-0.25, -0.2) is 14.4 Å². The van der Waals surface area contributed by atoms with Crippen LogP contribution < -0.4 is 22.8 Å². The standard InChI is InChI=1S/C16H15F2N3O5.C9H11F2N3O4.ClH/c17-16(18)12(26-13(23)9-4-2-1-3-5-9)10(8-22)25-14(16)21-7-6-11(19)20-15(21)24;10-9(11)6(16)4(3-15)18-7(9)14-2-1-5(12)13-8(14)17;/h1-7,10,12,14,22H,8H2,(H2,19,20,24);1-2,4,6-7,15-16H,3H2,(H2,12,13,17);1H/t10-,12+,14-;4-,6+,7-;/m11./s1. The summed E-state index contributed by atoms with van der Waals surface area (Å²) < 4.78 is 72.9. The van der Waals surface area contributed by atoms with Gasteiger partial charge in [-0.3, -0.25) is 9.13 Å². The van der Waals surface area contributed by atoms with Crippen molar-refractivity contribution in [2.75, 3.05) is 24.7 Å². The number of aromatic nitrogens is 4. The van der Waals surface area contributed by atoms with Crippen LogP contribution in [-0.2, 0) is 14.2 Å². The van der Waals surface area contributed by atoms with E-state index in [4.69, 9.17) is 30.8 Å². The van der Waals surface area contributed by atoms with E-state index < -0.39 is 79.3 Å². The Labute approximate surface area is 256 Å². The van der Waals surface area contributed by atoms with Crippen LogP contribution in [-0.4, -0.2) is 89.9 Å². The number of nitrogens with zero attached hydrogens (tertiary/aromatic N) is 4. The predicted molar refractivity (Wildman–Crippen MR) is 147 cm³/mol. The summed E-state index contributed by atoms with van der Waals surface area (Å²) in [5.74, 6) is -8.76. The second-order valence-electron chi connectivity index (χ2n) is 9.49. The molecule has 0 bridgehead atoms. The number of halogens is 5. The van der Waals surface area contributed by atoms with E-state index in [2.05, 4.69) is 9.97 Å². The first-order chi connectivity index (χ1) is 20.7. The number of aliphatic hydroxyl groups is 3. The summed E-state index contributed by atoms with van der Waals surface area (Å²) in [5, 5.41) is 27.5. The van der Waals surface area contributed by atoms with E-state index in [9.17, 15) is 42.2 Å². The predicted octanol–water partition coefficient (Wildman–Crippen LogP) is -0.291. The Kier molecular flexibility index (Phi) is 10.9. The van der Waals surface area contributed by atoms with Gasteiger partial charge in [-0.15, -0.1) is 12.4 Å². The Bertz CT molecular complexity index is 1600. The van der Waals surface area contributed by atoms with Crippen LogP contribution in [0.3, 0.4) is 0 Å². The Morgan fingerprint density at radius 1 is 0.844 bits per heavy atom. The number of nitrogen functional groups attached to an aromatic ring is 2. The molecule has 6 atom stereocenters. The molecule has 0 amide bonds. The summed E-state index contributed by atoms with van der Waals surface area (Å²) >= 11 is 0. The molecule has 2 aromatic heterocycles. The molecule has 2 aliphatic rings. The highest BCUT2D eigenvalue weighted by Crippen LogP contribution is 2.44. The van der Waals surface area contributed by atoms with Crippen LogP contribution in [0, 0.1) is 0 Å². The molecule has 7 N–H and O–H groups in total. The van der Waals surface area contributed by atoms with Crippen LogP contribution in [0.5, 0.6) is 0 Å². The maximum Gasteiger partial charge on any atom is 0.351 e. The number of ether oxygens (including phenoxy) is 3. The number of alkyl halides is 4. The number of aliphatic hydroxyl groups excluding tert-OH is 3. The van der Waals surface area contributed by atoms with Gasteiger partial charge in [-0.1, -0.05) is 18.2 Å². The number of carbonyl (C=O) groups excluding carboxylic acids is 1. The molecule has 15 nitrogen and oxygen atoms in total. The highest BCUT2D eigenvalue weighted by atomic mass is 35.5. The van der Waals surface area contributed by atoms with Gasteiger partial charge in [-0.05, 0) is 24.3 Å². The smallest absolute Gasteiger partial charge is 0.351 e. The number of hydrogen-bond donors (Lipinski definition) is 5. The Morgan fingerprint density at radius 3 is 1.76 bits per heavy atom. The van der Waals surface area contributed by atoms with Crippen molar-refractivity contribution < 1.29 is 51.9 Å². The zero-order valence-electron chi connectivity index (χ0n) is 22.7. The number of nitrogens with two attached hydrogens (primary N) is 2. The van der Waals surface area contributed by atoms with Crippen LogP contribution >= 0.6 is 12.4 Å². The number of anilines is 2. The Morgan fingerprint density at radius 2 is 1.31 bits per heavy atom. The van der Waals surface area contributed by atoms with Crippen molar-refractivity contribution in [1.82, 2.24) is 19.1 Å². The average molecular weight is 667 g/mol. The average Bonchev–Trinajstić information content (AvgIpc) is 3.36. The van der Waals surface area contributed by atoms with Gasteiger partial charge in [0.2, 0.25) is 12.5 Å². The van der Waals surface area contributed by atoms with Crippen molar-refractivity contribution in [3.05, 3.63) is 81.4 Å². The van der Waals surface area contributed by atoms with Crippen molar-refractivity contribution in [3.63, 3.8) is 0 Å². The molecule has 2 fully saturated rings. The molecule has 0 aliphatic carbocycles. The van der Waals surface area contributed by atoms with Crippen LogP contribution in [0.4, 0.5) is 29.2 Å². The van der Waals surface area contributed by atoms with Crippen molar-refractivity contribution in [2.24, 2.45) is 0 Å². The molecule has 0 radical (unpaired) electrons. The quantitative estimate of drug-likeness (QED) is 0.169. The number of carbonyl (C=O) groups is 1. The van der Waals surface area contributed by atoms with E-state index in [1.807, 2.05) is 0 Å². The van der Waals surface area contributed by atoms with Crippen molar-refractivity contribution >= 4 is 30.0 Å². The molecule has 0 saturated carbocycles. The van der Waals surface area contributed by atoms with Crippen LogP contribution in [0.2, 0.25) is 0 Å². The maximum atomic E-state index is 14.8. The minimum Gasteiger partial charge on any atom is -0.449 e. The lowest BCUT2D eigenvalue weighted by molar-refractivity contribution is -0.142. The van der Waals surface area contributed by atoms with E-state index in [0.29, 0.717) is 9.13 Å². The Balaban J connectivity index is 0.000000256. The number of benzene rings is 1.